The van der Waals surface area contributed by atoms with Crippen molar-refractivity contribution in [2.45, 2.75) is 31.8 Å². The van der Waals surface area contributed by atoms with Gasteiger partial charge in [0.15, 0.2) is 0 Å². The summed E-state index contributed by atoms with van der Waals surface area (Å²) in [6.07, 6.45) is 3.87. The fourth-order valence-corrected chi connectivity index (χ4v) is 3.29. The zero-order chi connectivity index (χ0) is 10.7. The third kappa shape index (κ3) is 3.60. The predicted molar refractivity (Wildman–Crippen MR) is 73.7 cm³/mol. The first-order valence-electron chi connectivity index (χ1n) is 5.48. The van der Waals surface area contributed by atoms with Crippen LogP contribution in [0.15, 0.2) is 12.1 Å². The fourth-order valence-electron chi connectivity index (χ4n) is 2.17. The first-order chi connectivity index (χ1) is 7.29. The third-order valence-corrected chi connectivity index (χ3v) is 4.22. The van der Waals surface area contributed by atoms with Gasteiger partial charge >= 0.3 is 0 Å². The molecule has 2 nitrogen and oxygen atoms in total. The fraction of sp³-hybridized carbons (Fsp3) is 0.636. The summed E-state index contributed by atoms with van der Waals surface area (Å²) in [5.41, 5.74) is 5.79. The summed E-state index contributed by atoms with van der Waals surface area (Å²) in [6.45, 7) is 2.97. The minimum atomic E-state index is 0. The van der Waals surface area contributed by atoms with Crippen LogP contribution in [0.5, 0.6) is 0 Å². The van der Waals surface area contributed by atoms with Gasteiger partial charge in [-0.05, 0) is 31.5 Å². The van der Waals surface area contributed by atoms with Crippen molar-refractivity contribution in [2.75, 3.05) is 13.1 Å². The van der Waals surface area contributed by atoms with E-state index in [-0.39, 0.29) is 12.4 Å². The molecule has 2 rings (SSSR count). The van der Waals surface area contributed by atoms with E-state index in [1.54, 1.807) is 11.3 Å². The molecule has 1 aromatic heterocycles. The van der Waals surface area contributed by atoms with Crippen LogP contribution in [0.4, 0.5) is 0 Å². The number of nitrogens with zero attached hydrogens (tertiary/aromatic N) is 1. The van der Waals surface area contributed by atoms with Crippen LogP contribution in [-0.2, 0) is 6.54 Å². The number of likely N-dealkylation sites (tertiary alicyclic amines) is 1. The third-order valence-electron chi connectivity index (χ3n) is 3.01. The summed E-state index contributed by atoms with van der Waals surface area (Å²) in [6, 6.07) is 4.66. The Labute approximate surface area is 112 Å². The summed E-state index contributed by atoms with van der Waals surface area (Å²) >= 11 is 7.60. The normalized spacial score (nSPS) is 21.8. The average molecular weight is 281 g/mol. The summed E-state index contributed by atoms with van der Waals surface area (Å²) < 4.78 is 0.881. The Bertz CT molecular complexity index is 317. The Kier molecular flexibility index (Phi) is 6.08. The van der Waals surface area contributed by atoms with Crippen molar-refractivity contribution in [1.29, 1.82) is 0 Å². The average Bonchev–Trinajstić information content (AvgIpc) is 2.65. The second-order valence-corrected chi connectivity index (χ2v) is 5.86. The minimum Gasteiger partial charge on any atom is -0.329 e. The largest absolute Gasteiger partial charge is 0.329 e. The lowest BCUT2D eigenvalue weighted by Crippen LogP contribution is -2.43. The summed E-state index contributed by atoms with van der Waals surface area (Å²) in [7, 11) is 0. The molecular weight excluding hydrogens is 263 g/mol. The van der Waals surface area contributed by atoms with Crippen molar-refractivity contribution in [3.63, 3.8) is 0 Å². The summed E-state index contributed by atoms with van der Waals surface area (Å²) in [4.78, 5) is 3.84. The molecule has 2 N–H and O–H groups in total. The van der Waals surface area contributed by atoms with Crippen molar-refractivity contribution in [2.24, 2.45) is 5.73 Å². The van der Waals surface area contributed by atoms with Gasteiger partial charge in [-0.1, -0.05) is 18.0 Å². The zero-order valence-corrected chi connectivity index (χ0v) is 11.6. The van der Waals surface area contributed by atoms with Crippen LogP contribution < -0.4 is 5.73 Å². The number of hydrogen-bond donors (Lipinski definition) is 1. The van der Waals surface area contributed by atoms with E-state index in [1.807, 2.05) is 6.07 Å². The summed E-state index contributed by atoms with van der Waals surface area (Å²) in [5, 5.41) is 0. The molecule has 0 aliphatic carbocycles. The quantitative estimate of drug-likeness (QED) is 0.922. The summed E-state index contributed by atoms with van der Waals surface area (Å²) in [5.74, 6) is 0. The second-order valence-electron chi connectivity index (χ2n) is 4.06. The van der Waals surface area contributed by atoms with Crippen molar-refractivity contribution < 1.29 is 0 Å². The standard InChI is InChI=1S/C11H17ClN2S.ClH/c12-11-5-4-10(15-11)8-14-6-2-1-3-9(14)7-13;/h4-5,9H,1-3,6-8,13H2;1H. The first-order valence-corrected chi connectivity index (χ1v) is 6.67. The number of hydrogen-bond acceptors (Lipinski definition) is 3. The molecule has 16 heavy (non-hydrogen) atoms. The molecule has 0 spiro atoms. The van der Waals surface area contributed by atoms with E-state index in [1.165, 1.54) is 30.7 Å². The minimum absolute atomic E-state index is 0. The Morgan fingerprint density at radius 1 is 1.44 bits per heavy atom. The topological polar surface area (TPSA) is 29.3 Å². The van der Waals surface area contributed by atoms with E-state index < -0.39 is 0 Å². The smallest absolute Gasteiger partial charge is 0.0931 e. The Morgan fingerprint density at radius 2 is 2.25 bits per heavy atom. The zero-order valence-electron chi connectivity index (χ0n) is 9.19. The number of nitrogens with two attached hydrogens (primary N) is 1. The van der Waals surface area contributed by atoms with E-state index >= 15 is 0 Å². The van der Waals surface area contributed by atoms with Crippen molar-refractivity contribution in [3.8, 4) is 0 Å². The van der Waals surface area contributed by atoms with Crippen LogP contribution >= 0.6 is 35.3 Å². The van der Waals surface area contributed by atoms with Crippen LogP contribution in [0.2, 0.25) is 4.34 Å². The molecule has 92 valence electrons. The van der Waals surface area contributed by atoms with Gasteiger partial charge in [0.2, 0.25) is 0 Å². The molecule has 0 radical (unpaired) electrons. The predicted octanol–water partition coefficient (Wildman–Crippen LogP) is 3.14. The first kappa shape index (κ1) is 14.3. The number of halogens is 2. The van der Waals surface area contributed by atoms with Crippen LogP contribution in [0.1, 0.15) is 24.1 Å². The molecule has 0 saturated carbocycles. The molecule has 1 aromatic rings. The highest BCUT2D eigenvalue weighted by Crippen LogP contribution is 2.25. The maximum absolute atomic E-state index is 5.92. The maximum atomic E-state index is 5.92. The molecule has 0 bridgehead atoms. The molecule has 1 aliphatic rings. The van der Waals surface area contributed by atoms with E-state index in [4.69, 9.17) is 17.3 Å². The Hall–Kier alpha value is 0.200. The highest BCUT2D eigenvalue weighted by molar-refractivity contribution is 7.16. The van der Waals surface area contributed by atoms with E-state index in [0.29, 0.717) is 6.04 Å². The van der Waals surface area contributed by atoms with Crippen molar-refractivity contribution in [3.05, 3.63) is 21.3 Å². The highest BCUT2D eigenvalue weighted by Gasteiger charge is 2.21. The molecule has 1 saturated heterocycles. The lowest BCUT2D eigenvalue weighted by atomic mass is 10.0. The van der Waals surface area contributed by atoms with Gasteiger partial charge in [-0.15, -0.1) is 23.7 Å². The van der Waals surface area contributed by atoms with Gasteiger partial charge < -0.3 is 5.73 Å². The molecule has 1 atom stereocenters. The Morgan fingerprint density at radius 3 is 2.88 bits per heavy atom. The maximum Gasteiger partial charge on any atom is 0.0931 e. The lowest BCUT2D eigenvalue weighted by molar-refractivity contribution is 0.146. The van der Waals surface area contributed by atoms with Crippen LogP contribution in [0.25, 0.3) is 0 Å². The van der Waals surface area contributed by atoms with E-state index in [9.17, 15) is 0 Å². The van der Waals surface area contributed by atoms with Gasteiger partial charge in [0.1, 0.15) is 0 Å². The monoisotopic (exact) mass is 280 g/mol. The van der Waals surface area contributed by atoms with Gasteiger partial charge in [0, 0.05) is 24.0 Å². The van der Waals surface area contributed by atoms with Gasteiger partial charge in [0.05, 0.1) is 4.34 Å². The van der Waals surface area contributed by atoms with Gasteiger partial charge in [-0.25, -0.2) is 0 Å². The molecule has 1 aliphatic heterocycles. The van der Waals surface area contributed by atoms with Crippen LogP contribution in [0, 0.1) is 0 Å². The van der Waals surface area contributed by atoms with Crippen molar-refractivity contribution in [1.82, 2.24) is 4.90 Å². The molecule has 0 aromatic carbocycles. The van der Waals surface area contributed by atoms with E-state index in [0.717, 1.165) is 17.4 Å². The molecule has 0 amide bonds. The molecular formula is C11H18Cl2N2S. The van der Waals surface area contributed by atoms with Gasteiger partial charge in [0.25, 0.3) is 0 Å². The van der Waals surface area contributed by atoms with Gasteiger partial charge in [-0.3, -0.25) is 4.90 Å². The second kappa shape index (κ2) is 6.82. The SMILES string of the molecule is Cl.NCC1CCCCN1Cc1ccc(Cl)s1. The number of rotatable bonds is 3. The van der Waals surface area contributed by atoms with Crippen molar-refractivity contribution >= 4 is 35.3 Å². The molecule has 5 heteroatoms. The lowest BCUT2D eigenvalue weighted by Gasteiger charge is -2.34. The van der Waals surface area contributed by atoms with Gasteiger partial charge in [-0.2, -0.15) is 0 Å². The van der Waals surface area contributed by atoms with E-state index in [2.05, 4.69) is 11.0 Å². The molecule has 1 unspecified atom stereocenters. The Balaban J connectivity index is 0.00000128. The number of thiophene rings is 1. The highest BCUT2D eigenvalue weighted by atomic mass is 35.5. The van der Waals surface area contributed by atoms with Crippen LogP contribution in [-0.4, -0.2) is 24.0 Å². The molecule has 2 heterocycles. The number of piperidine rings is 1. The van der Waals surface area contributed by atoms with Crippen LogP contribution in [0.3, 0.4) is 0 Å². The molecule has 1 fully saturated rings.